The third-order valence-electron chi connectivity index (χ3n) is 0.706. The third-order valence-corrected chi connectivity index (χ3v) is 1.76. The van der Waals surface area contributed by atoms with Gasteiger partial charge in [0.25, 0.3) is 0 Å². The number of hydrogen-bond donors (Lipinski definition) is 0. The topological polar surface area (TPSA) is 48.2 Å². The summed E-state index contributed by atoms with van der Waals surface area (Å²) in [6.45, 7) is -2.37. The molecule has 0 amide bonds. The minimum atomic E-state index is -6.03. The number of nitrogens with zero attached hydrogens (tertiary/aromatic N) is 1. The molecule has 3 nitrogen and oxygen atoms in total. The van der Waals surface area contributed by atoms with Gasteiger partial charge in [-0.15, -0.1) is 0 Å². The summed E-state index contributed by atoms with van der Waals surface area (Å²) >= 11 is 0. The maximum Gasteiger partial charge on any atom is 1.00 e. The Morgan fingerprint density at radius 1 is 1.00 bits per heavy atom. The van der Waals surface area contributed by atoms with Gasteiger partial charge in [-0.2, -0.15) is 26.3 Å². The van der Waals surface area contributed by atoms with E-state index in [1.54, 1.807) is 0 Å². The van der Waals surface area contributed by atoms with E-state index in [0.717, 1.165) is 0 Å². The van der Waals surface area contributed by atoms with Crippen molar-refractivity contribution in [3.63, 3.8) is 0 Å². The Morgan fingerprint density at radius 2 is 1.36 bits per heavy atom. The SMILES string of the molecule is O=S(=O)([N-]CC(F)(F)F)C(F)(F)F.[Li+]. The molecule has 0 saturated carbocycles. The van der Waals surface area contributed by atoms with Gasteiger partial charge in [-0.3, -0.25) is 0 Å². The van der Waals surface area contributed by atoms with Gasteiger partial charge in [0.05, 0.1) is 0 Å². The Bertz CT molecular complexity index is 268. The number of sulfonamides is 1. The summed E-state index contributed by atoms with van der Waals surface area (Å²) in [7, 11) is -6.03. The van der Waals surface area contributed by atoms with E-state index in [1.165, 1.54) is 4.72 Å². The van der Waals surface area contributed by atoms with Crippen molar-refractivity contribution in [2.24, 2.45) is 0 Å². The van der Waals surface area contributed by atoms with Gasteiger partial charge < -0.3 is 4.72 Å². The van der Waals surface area contributed by atoms with E-state index in [0.29, 0.717) is 0 Å². The maximum atomic E-state index is 11.4. The van der Waals surface area contributed by atoms with Crippen LogP contribution in [-0.4, -0.2) is 26.6 Å². The molecule has 0 unspecified atom stereocenters. The fraction of sp³-hybridized carbons (Fsp3) is 1.00. The van der Waals surface area contributed by atoms with Gasteiger partial charge in [0.1, 0.15) is 0 Å². The van der Waals surface area contributed by atoms with Crippen LogP contribution in [0.1, 0.15) is 0 Å². The summed E-state index contributed by atoms with van der Waals surface area (Å²) in [5, 5.41) is 0. The van der Waals surface area contributed by atoms with Crippen LogP contribution in [0.15, 0.2) is 0 Å². The zero-order valence-electron chi connectivity index (χ0n) is 6.65. The van der Waals surface area contributed by atoms with Gasteiger partial charge >= 0.3 is 30.5 Å². The molecule has 0 rings (SSSR count). The molecule has 0 N–H and O–H groups in total. The quantitative estimate of drug-likeness (QED) is 0.446. The van der Waals surface area contributed by atoms with E-state index in [1.807, 2.05) is 0 Å². The zero-order chi connectivity index (χ0) is 10.9. The molecule has 14 heavy (non-hydrogen) atoms. The average molecular weight is 237 g/mol. The van der Waals surface area contributed by atoms with Crippen molar-refractivity contribution in [1.82, 2.24) is 0 Å². The number of rotatable bonds is 2. The largest absolute Gasteiger partial charge is 1.00 e. The molecule has 11 heteroatoms. The molecule has 0 aromatic heterocycles. The van der Waals surface area contributed by atoms with E-state index < -0.39 is 28.3 Å². The molecule has 80 valence electrons. The van der Waals surface area contributed by atoms with E-state index >= 15 is 0 Å². The molecule has 0 heterocycles. The number of alkyl halides is 6. The second-order valence-electron chi connectivity index (χ2n) is 1.82. The van der Waals surface area contributed by atoms with Gasteiger partial charge in [0.2, 0.25) is 0 Å². The van der Waals surface area contributed by atoms with Crippen LogP contribution >= 0.6 is 0 Å². The van der Waals surface area contributed by atoms with Crippen molar-refractivity contribution in [3.8, 4) is 0 Å². The molecule has 0 bridgehead atoms. The fourth-order valence-electron chi connectivity index (χ4n) is 0.231. The molecule has 0 atom stereocenters. The van der Waals surface area contributed by atoms with Gasteiger partial charge in [0.15, 0.2) is 10.0 Å². The molecular formula is C3H2F6LiNO2S. The van der Waals surface area contributed by atoms with Crippen LogP contribution in [0.25, 0.3) is 4.72 Å². The van der Waals surface area contributed by atoms with Crippen molar-refractivity contribution >= 4 is 10.0 Å². The van der Waals surface area contributed by atoms with Crippen molar-refractivity contribution in [3.05, 3.63) is 4.72 Å². The Morgan fingerprint density at radius 3 is 1.57 bits per heavy atom. The van der Waals surface area contributed by atoms with Gasteiger partial charge in [0, 0.05) is 0 Å². The molecule has 0 fully saturated rings. The third kappa shape index (κ3) is 5.74. The average Bonchev–Trinajstić information content (AvgIpc) is 1.79. The first-order chi connectivity index (χ1) is 5.46. The summed E-state index contributed by atoms with van der Waals surface area (Å²) in [4.78, 5) is 0. The summed E-state index contributed by atoms with van der Waals surface area (Å²) < 4.78 is 89.2. The van der Waals surface area contributed by atoms with Crippen LogP contribution < -0.4 is 18.9 Å². The summed E-state index contributed by atoms with van der Waals surface area (Å²) in [5.74, 6) is 0. The van der Waals surface area contributed by atoms with Crippen LogP contribution in [-0.2, 0) is 10.0 Å². The standard InChI is InChI=1S/C3H2F6NO2S.Li/c4-2(5,6)1-10-13(11,12)3(7,8)9;/h1H2;/q-1;+1. The molecule has 0 aromatic carbocycles. The van der Waals surface area contributed by atoms with Crippen LogP contribution in [0.4, 0.5) is 26.3 Å². The number of halogens is 6. The summed E-state index contributed by atoms with van der Waals surface area (Å²) in [6, 6.07) is 0. The molecule has 0 aliphatic heterocycles. The second kappa shape index (κ2) is 4.74. The first-order valence-electron chi connectivity index (χ1n) is 2.52. The minimum absolute atomic E-state index is 0. The van der Waals surface area contributed by atoms with E-state index in [-0.39, 0.29) is 18.9 Å². The maximum absolute atomic E-state index is 11.4. The molecule has 0 aliphatic carbocycles. The van der Waals surface area contributed by atoms with Gasteiger partial charge in [-0.25, -0.2) is 8.42 Å². The van der Waals surface area contributed by atoms with E-state index in [9.17, 15) is 34.8 Å². The molecule has 0 aromatic rings. The Balaban J connectivity index is 0. The smallest absolute Gasteiger partial charge is 0.534 e. The van der Waals surface area contributed by atoms with Crippen LogP contribution in [0.3, 0.4) is 0 Å². The van der Waals surface area contributed by atoms with Crippen molar-refractivity contribution in [2.45, 2.75) is 11.7 Å². The minimum Gasteiger partial charge on any atom is -0.534 e. The summed E-state index contributed by atoms with van der Waals surface area (Å²) in [5.41, 5.74) is -5.78. The van der Waals surface area contributed by atoms with E-state index in [2.05, 4.69) is 0 Å². The van der Waals surface area contributed by atoms with Crippen molar-refractivity contribution in [1.29, 1.82) is 0 Å². The number of hydrogen-bond acceptors (Lipinski definition) is 2. The predicted molar refractivity (Wildman–Crippen MR) is 29.3 cm³/mol. The Labute approximate surface area is 87.1 Å². The second-order valence-corrected chi connectivity index (χ2v) is 3.49. The normalized spacial score (nSPS) is 13.6. The Kier molecular flexibility index (Phi) is 5.59. The van der Waals surface area contributed by atoms with Crippen LogP contribution in [0, 0.1) is 0 Å². The fourth-order valence-corrected chi connectivity index (χ4v) is 0.694. The van der Waals surface area contributed by atoms with E-state index in [4.69, 9.17) is 0 Å². The molecule has 0 aliphatic rings. The zero-order valence-corrected chi connectivity index (χ0v) is 7.46. The van der Waals surface area contributed by atoms with Crippen molar-refractivity contribution < 1.29 is 53.6 Å². The van der Waals surface area contributed by atoms with Crippen molar-refractivity contribution in [2.75, 3.05) is 6.54 Å². The molecule has 0 saturated heterocycles. The first kappa shape index (κ1) is 16.5. The summed E-state index contributed by atoms with van der Waals surface area (Å²) in [6.07, 6.45) is -5.07. The predicted octanol–water partition coefficient (Wildman–Crippen LogP) is -1.22. The van der Waals surface area contributed by atoms with Gasteiger partial charge in [-0.1, -0.05) is 0 Å². The van der Waals surface area contributed by atoms with Crippen LogP contribution in [0.2, 0.25) is 0 Å². The molecule has 0 radical (unpaired) electrons. The molecular weight excluding hydrogens is 235 g/mol. The van der Waals surface area contributed by atoms with Crippen LogP contribution in [0.5, 0.6) is 0 Å². The van der Waals surface area contributed by atoms with Gasteiger partial charge in [-0.05, 0) is 6.54 Å². The first-order valence-corrected chi connectivity index (χ1v) is 3.96. The Hall–Kier alpha value is 0.0874. The molecule has 0 spiro atoms. The monoisotopic (exact) mass is 237 g/mol.